The van der Waals surface area contributed by atoms with Crippen molar-refractivity contribution < 1.29 is 24.1 Å². The zero-order chi connectivity index (χ0) is 20.6. The van der Waals surface area contributed by atoms with E-state index in [2.05, 4.69) is 9.80 Å². The summed E-state index contributed by atoms with van der Waals surface area (Å²) in [7, 11) is 1.62. The van der Waals surface area contributed by atoms with E-state index in [4.69, 9.17) is 14.2 Å². The quantitative estimate of drug-likeness (QED) is 0.670. The number of benzene rings is 1. The summed E-state index contributed by atoms with van der Waals surface area (Å²) < 4.78 is 16.7. The fourth-order valence-electron chi connectivity index (χ4n) is 3.73. The van der Waals surface area contributed by atoms with Gasteiger partial charge in [-0.2, -0.15) is 0 Å². The van der Waals surface area contributed by atoms with Gasteiger partial charge in [0, 0.05) is 59.3 Å². The van der Waals surface area contributed by atoms with E-state index in [0.717, 1.165) is 51.4 Å². The van der Waals surface area contributed by atoms with Crippen LogP contribution >= 0.6 is 0 Å². The van der Waals surface area contributed by atoms with Gasteiger partial charge in [0.25, 0.3) is 0 Å². The first-order valence-electron chi connectivity index (χ1n) is 10.3. The van der Waals surface area contributed by atoms with E-state index < -0.39 is 6.10 Å². The number of carbonyl (C=O) groups is 1. The predicted molar refractivity (Wildman–Crippen MR) is 109 cm³/mol. The van der Waals surface area contributed by atoms with Crippen molar-refractivity contribution in [2.75, 3.05) is 72.7 Å². The Morgan fingerprint density at radius 1 is 1.10 bits per heavy atom. The molecule has 2 aliphatic heterocycles. The van der Waals surface area contributed by atoms with Crippen molar-refractivity contribution in [1.29, 1.82) is 0 Å². The Morgan fingerprint density at radius 2 is 1.83 bits per heavy atom. The third-order valence-corrected chi connectivity index (χ3v) is 5.46. The summed E-state index contributed by atoms with van der Waals surface area (Å²) in [5.74, 6) is 1.45. The van der Waals surface area contributed by atoms with Crippen LogP contribution < -0.4 is 9.47 Å². The number of amides is 1. The van der Waals surface area contributed by atoms with Crippen LogP contribution in [0.15, 0.2) is 18.2 Å². The van der Waals surface area contributed by atoms with Crippen LogP contribution in [0.25, 0.3) is 0 Å². The lowest BCUT2D eigenvalue weighted by Gasteiger charge is -2.34. The van der Waals surface area contributed by atoms with Gasteiger partial charge in [-0.3, -0.25) is 14.6 Å². The number of aliphatic hydroxyl groups excluding tert-OH is 1. The molecule has 0 aromatic heterocycles. The Labute approximate surface area is 172 Å². The first-order chi connectivity index (χ1) is 14.0. The number of nitrogens with zero attached hydrogens (tertiary/aromatic N) is 3. The van der Waals surface area contributed by atoms with Gasteiger partial charge < -0.3 is 24.2 Å². The van der Waals surface area contributed by atoms with Gasteiger partial charge in [0.1, 0.15) is 12.7 Å². The maximum absolute atomic E-state index is 11.5. The molecule has 1 N–H and O–H groups in total. The number of methoxy groups -OCH3 is 1. The molecule has 0 radical (unpaired) electrons. The fraction of sp³-hybridized carbons (Fsp3) is 0.667. The molecule has 1 amide bonds. The van der Waals surface area contributed by atoms with Crippen LogP contribution in [0, 0.1) is 0 Å². The number of ether oxygens (including phenoxy) is 3. The molecule has 8 heteroatoms. The molecule has 1 aromatic carbocycles. The summed E-state index contributed by atoms with van der Waals surface area (Å²) in [6.07, 6.45) is -0.568. The lowest BCUT2D eigenvalue weighted by Crippen LogP contribution is -2.47. The van der Waals surface area contributed by atoms with Crippen molar-refractivity contribution >= 4 is 5.91 Å². The number of rotatable bonds is 8. The molecule has 0 aliphatic carbocycles. The van der Waals surface area contributed by atoms with Crippen molar-refractivity contribution in [2.45, 2.75) is 19.6 Å². The van der Waals surface area contributed by atoms with E-state index in [9.17, 15) is 9.90 Å². The van der Waals surface area contributed by atoms with Crippen LogP contribution in [0.5, 0.6) is 11.5 Å². The molecule has 1 atom stereocenters. The van der Waals surface area contributed by atoms with E-state index in [0.29, 0.717) is 31.3 Å². The average molecular weight is 408 g/mol. The molecule has 1 aromatic rings. The highest BCUT2D eigenvalue weighted by Gasteiger charge is 2.20. The lowest BCUT2D eigenvalue weighted by molar-refractivity contribution is -0.130. The zero-order valence-electron chi connectivity index (χ0n) is 17.5. The summed E-state index contributed by atoms with van der Waals surface area (Å²) in [5.41, 5.74) is 1.12. The van der Waals surface area contributed by atoms with Crippen molar-refractivity contribution in [1.82, 2.24) is 14.7 Å². The van der Waals surface area contributed by atoms with Gasteiger partial charge in [0.15, 0.2) is 11.5 Å². The number of carbonyl (C=O) groups excluding carboxylic acids is 1. The standard InChI is InChI=1S/C21H33N3O5/c1-17(25)24-7-5-22(6-8-24)14-18-3-4-20(27-2)21(13-18)29-16-19(26)15-23-9-11-28-12-10-23/h3-4,13,19,26H,5-12,14-16H2,1-2H3. The SMILES string of the molecule is COc1ccc(CN2CCN(C(C)=O)CC2)cc1OCC(O)CN1CCOCC1. The minimum Gasteiger partial charge on any atom is -0.493 e. The summed E-state index contributed by atoms with van der Waals surface area (Å²) in [6.45, 7) is 9.57. The third-order valence-electron chi connectivity index (χ3n) is 5.46. The van der Waals surface area contributed by atoms with E-state index in [-0.39, 0.29) is 12.5 Å². The molecule has 2 saturated heterocycles. The largest absolute Gasteiger partial charge is 0.493 e. The molecule has 0 bridgehead atoms. The van der Waals surface area contributed by atoms with Crippen molar-refractivity contribution in [3.05, 3.63) is 23.8 Å². The number of aliphatic hydroxyl groups is 1. The van der Waals surface area contributed by atoms with E-state index in [1.54, 1.807) is 14.0 Å². The van der Waals surface area contributed by atoms with Gasteiger partial charge in [-0.15, -0.1) is 0 Å². The topological polar surface area (TPSA) is 74.7 Å². The average Bonchev–Trinajstić information content (AvgIpc) is 2.73. The van der Waals surface area contributed by atoms with Crippen LogP contribution in [0.1, 0.15) is 12.5 Å². The first-order valence-corrected chi connectivity index (χ1v) is 10.3. The third kappa shape index (κ3) is 6.57. The maximum atomic E-state index is 11.5. The molecule has 0 spiro atoms. The van der Waals surface area contributed by atoms with Crippen LogP contribution in [-0.4, -0.2) is 105 Å². The Morgan fingerprint density at radius 3 is 2.48 bits per heavy atom. The Bertz CT molecular complexity index is 658. The van der Waals surface area contributed by atoms with Crippen LogP contribution in [0.4, 0.5) is 0 Å². The van der Waals surface area contributed by atoms with Gasteiger partial charge in [-0.1, -0.05) is 6.07 Å². The number of hydrogen-bond donors (Lipinski definition) is 1. The molecule has 2 heterocycles. The second kappa shape index (κ2) is 10.8. The molecule has 162 valence electrons. The molecule has 2 fully saturated rings. The van der Waals surface area contributed by atoms with Gasteiger partial charge >= 0.3 is 0 Å². The summed E-state index contributed by atoms with van der Waals surface area (Å²) in [5, 5.41) is 10.3. The van der Waals surface area contributed by atoms with Crippen molar-refractivity contribution in [2.24, 2.45) is 0 Å². The Kier molecular flexibility index (Phi) is 8.11. The fourth-order valence-corrected chi connectivity index (χ4v) is 3.73. The Balaban J connectivity index is 1.52. The van der Waals surface area contributed by atoms with E-state index >= 15 is 0 Å². The summed E-state index contributed by atoms with van der Waals surface area (Å²) in [4.78, 5) is 17.9. The summed E-state index contributed by atoms with van der Waals surface area (Å²) >= 11 is 0. The second-order valence-corrected chi connectivity index (χ2v) is 7.65. The van der Waals surface area contributed by atoms with Crippen molar-refractivity contribution in [3.8, 4) is 11.5 Å². The van der Waals surface area contributed by atoms with Crippen LogP contribution in [0.3, 0.4) is 0 Å². The van der Waals surface area contributed by atoms with Gasteiger partial charge in [0.2, 0.25) is 5.91 Å². The molecular formula is C21H33N3O5. The lowest BCUT2D eigenvalue weighted by atomic mass is 10.1. The smallest absolute Gasteiger partial charge is 0.219 e. The molecular weight excluding hydrogens is 374 g/mol. The number of β-amino-alcohol motifs (C(OH)–C–C–N with tert-alkyl or cyclic N) is 1. The highest BCUT2D eigenvalue weighted by atomic mass is 16.5. The van der Waals surface area contributed by atoms with Crippen LogP contribution in [-0.2, 0) is 16.1 Å². The van der Waals surface area contributed by atoms with E-state index in [1.165, 1.54) is 0 Å². The molecule has 3 rings (SSSR count). The minimum atomic E-state index is -0.568. The highest BCUT2D eigenvalue weighted by Crippen LogP contribution is 2.29. The second-order valence-electron chi connectivity index (χ2n) is 7.65. The van der Waals surface area contributed by atoms with Gasteiger partial charge in [0.05, 0.1) is 20.3 Å². The number of morpholine rings is 1. The Hall–Kier alpha value is -1.87. The maximum Gasteiger partial charge on any atom is 0.219 e. The molecule has 8 nitrogen and oxygen atoms in total. The highest BCUT2D eigenvalue weighted by molar-refractivity contribution is 5.73. The first kappa shape index (κ1) is 21.8. The molecule has 29 heavy (non-hydrogen) atoms. The molecule has 0 saturated carbocycles. The zero-order valence-corrected chi connectivity index (χ0v) is 17.5. The minimum absolute atomic E-state index is 0.139. The van der Waals surface area contributed by atoms with Gasteiger partial charge in [-0.05, 0) is 17.7 Å². The number of hydrogen-bond acceptors (Lipinski definition) is 7. The number of piperazine rings is 1. The van der Waals surface area contributed by atoms with E-state index in [1.807, 2.05) is 23.1 Å². The van der Waals surface area contributed by atoms with Crippen molar-refractivity contribution in [3.63, 3.8) is 0 Å². The van der Waals surface area contributed by atoms with Crippen LogP contribution in [0.2, 0.25) is 0 Å². The predicted octanol–water partition coefficient (Wildman–Crippen LogP) is 0.431. The van der Waals surface area contributed by atoms with Gasteiger partial charge in [-0.25, -0.2) is 0 Å². The molecule has 2 aliphatic rings. The monoisotopic (exact) mass is 407 g/mol. The summed E-state index contributed by atoms with van der Waals surface area (Å²) in [6, 6.07) is 5.93. The normalized spacial score (nSPS) is 19.8. The molecule has 1 unspecified atom stereocenters.